The number of carboxylic acids is 1. The van der Waals surface area contributed by atoms with E-state index >= 15 is 0 Å². The fourth-order valence-corrected chi connectivity index (χ4v) is 1.40. The smallest absolute Gasteiger partial charge is 0.337 e. The molecule has 0 aliphatic heterocycles. The van der Waals surface area contributed by atoms with Gasteiger partial charge in [0.2, 0.25) is 0 Å². The summed E-state index contributed by atoms with van der Waals surface area (Å²) in [6.45, 7) is 5.07. The molecule has 1 aromatic rings. The lowest BCUT2D eigenvalue weighted by atomic mass is 10.1. The van der Waals surface area contributed by atoms with E-state index in [4.69, 9.17) is 10.8 Å². The first kappa shape index (κ1) is 12.4. The number of rotatable bonds is 5. The number of carbonyl (C=O) groups is 1. The molecule has 0 saturated heterocycles. The van der Waals surface area contributed by atoms with Gasteiger partial charge >= 0.3 is 5.97 Å². The number of aromatic carboxylic acids is 1. The molecule has 0 atom stereocenters. The van der Waals surface area contributed by atoms with Crippen molar-refractivity contribution in [3.05, 3.63) is 23.8 Å². The Bertz CT molecular complexity index is 375. The fourth-order valence-electron chi connectivity index (χ4n) is 1.40. The van der Waals surface area contributed by atoms with E-state index in [1.165, 1.54) is 6.07 Å². The summed E-state index contributed by atoms with van der Waals surface area (Å²) in [4.78, 5) is 10.8. The standard InChI is InChI=1S/C12H18N2O2/c1-8(2)6-7-14-10-5-3-4-9(11(10)13)12(15)16/h3-5,8,14H,6-7,13H2,1-2H3,(H,15,16). The third-order valence-electron chi connectivity index (χ3n) is 2.37. The number of hydrogen-bond donors (Lipinski definition) is 3. The van der Waals surface area contributed by atoms with Crippen LogP contribution in [-0.2, 0) is 0 Å². The minimum atomic E-state index is -0.995. The van der Waals surface area contributed by atoms with E-state index in [9.17, 15) is 4.79 Å². The van der Waals surface area contributed by atoms with Crippen LogP contribution in [0.5, 0.6) is 0 Å². The second-order valence-corrected chi connectivity index (χ2v) is 4.18. The molecule has 0 fully saturated rings. The minimum Gasteiger partial charge on any atom is -0.478 e. The molecule has 16 heavy (non-hydrogen) atoms. The first-order valence-corrected chi connectivity index (χ1v) is 5.38. The summed E-state index contributed by atoms with van der Waals surface area (Å²) >= 11 is 0. The van der Waals surface area contributed by atoms with Crippen molar-refractivity contribution in [1.82, 2.24) is 0 Å². The summed E-state index contributed by atoms with van der Waals surface area (Å²) < 4.78 is 0. The van der Waals surface area contributed by atoms with Crippen LogP contribution in [0.3, 0.4) is 0 Å². The molecule has 0 saturated carbocycles. The SMILES string of the molecule is CC(C)CCNc1cccc(C(=O)O)c1N. The Morgan fingerprint density at radius 1 is 1.50 bits per heavy atom. The number of hydrogen-bond acceptors (Lipinski definition) is 3. The zero-order valence-electron chi connectivity index (χ0n) is 9.66. The first-order valence-electron chi connectivity index (χ1n) is 5.38. The molecule has 88 valence electrons. The van der Waals surface area contributed by atoms with Crippen LogP contribution in [-0.4, -0.2) is 17.6 Å². The van der Waals surface area contributed by atoms with E-state index in [2.05, 4.69) is 19.2 Å². The lowest BCUT2D eigenvalue weighted by Crippen LogP contribution is -2.09. The van der Waals surface area contributed by atoms with Crippen molar-refractivity contribution in [2.45, 2.75) is 20.3 Å². The van der Waals surface area contributed by atoms with Crippen molar-refractivity contribution in [2.24, 2.45) is 5.92 Å². The maximum atomic E-state index is 10.8. The summed E-state index contributed by atoms with van der Waals surface area (Å²) in [5.74, 6) is -0.388. The van der Waals surface area contributed by atoms with Crippen LogP contribution in [0.25, 0.3) is 0 Å². The highest BCUT2D eigenvalue weighted by molar-refractivity contribution is 5.97. The topological polar surface area (TPSA) is 75.3 Å². The van der Waals surface area contributed by atoms with Crippen molar-refractivity contribution >= 4 is 17.3 Å². The van der Waals surface area contributed by atoms with E-state index < -0.39 is 5.97 Å². The number of nitrogens with two attached hydrogens (primary N) is 1. The number of anilines is 2. The molecule has 0 bridgehead atoms. The zero-order chi connectivity index (χ0) is 12.1. The first-order chi connectivity index (χ1) is 7.52. The highest BCUT2D eigenvalue weighted by Crippen LogP contribution is 2.22. The van der Waals surface area contributed by atoms with Gasteiger partial charge in [-0.25, -0.2) is 4.79 Å². The van der Waals surface area contributed by atoms with E-state index in [0.717, 1.165) is 13.0 Å². The van der Waals surface area contributed by atoms with Crippen LogP contribution in [0.4, 0.5) is 11.4 Å². The molecule has 0 spiro atoms. The van der Waals surface area contributed by atoms with Crippen molar-refractivity contribution in [2.75, 3.05) is 17.6 Å². The van der Waals surface area contributed by atoms with Crippen LogP contribution < -0.4 is 11.1 Å². The van der Waals surface area contributed by atoms with Crippen LogP contribution in [0, 0.1) is 5.92 Å². The lowest BCUT2D eigenvalue weighted by Gasteiger charge is -2.12. The summed E-state index contributed by atoms with van der Waals surface area (Å²) in [7, 11) is 0. The van der Waals surface area contributed by atoms with E-state index in [0.29, 0.717) is 17.3 Å². The van der Waals surface area contributed by atoms with E-state index in [1.54, 1.807) is 12.1 Å². The molecule has 0 aliphatic rings. The van der Waals surface area contributed by atoms with Crippen LogP contribution >= 0.6 is 0 Å². The molecule has 0 aliphatic carbocycles. The average molecular weight is 222 g/mol. The highest BCUT2D eigenvalue weighted by Gasteiger charge is 2.10. The summed E-state index contributed by atoms with van der Waals surface area (Å²) in [6, 6.07) is 4.99. The molecule has 0 aromatic heterocycles. The van der Waals surface area contributed by atoms with Gasteiger partial charge in [0.1, 0.15) is 0 Å². The molecule has 4 N–H and O–H groups in total. The van der Waals surface area contributed by atoms with Crippen molar-refractivity contribution < 1.29 is 9.90 Å². The normalized spacial score (nSPS) is 10.4. The van der Waals surface area contributed by atoms with Gasteiger partial charge in [-0.1, -0.05) is 19.9 Å². The monoisotopic (exact) mass is 222 g/mol. The van der Waals surface area contributed by atoms with Gasteiger partial charge in [-0.05, 0) is 24.5 Å². The van der Waals surface area contributed by atoms with Gasteiger partial charge in [0, 0.05) is 6.54 Å². The second-order valence-electron chi connectivity index (χ2n) is 4.18. The van der Waals surface area contributed by atoms with Gasteiger partial charge in [0.25, 0.3) is 0 Å². The van der Waals surface area contributed by atoms with E-state index in [-0.39, 0.29) is 5.56 Å². The van der Waals surface area contributed by atoms with Crippen molar-refractivity contribution in [3.63, 3.8) is 0 Å². The van der Waals surface area contributed by atoms with E-state index in [1.807, 2.05) is 0 Å². The van der Waals surface area contributed by atoms with Crippen molar-refractivity contribution in [3.8, 4) is 0 Å². The van der Waals surface area contributed by atoms with Crippen LogP contribution in [0.2, 0.25) is 0 Å². The van der Waals surface area contributed by atoms with Crippen LogP contribution in [0.15, 0.2) is 18.2 Å². The number of nitrogens with one attached hydrogen (secondary N) is 1. The number of para-hydroxylation sites is 1. The summed E-state index contributed by atoms with van der Waals surface area (Å²) in [6.07, 6.45) is 1.02. The number of carboxylic acid groups (broad SMARTS) is 1. The third kappa shape index (κ3) is 3.15. The second kappa shape index (κ2) is 5.39. The number of benzene rings is 1. The van der Waals surface area contributed by atoms with Crippen molar-refractivity contribution in [1.29, 1.82) is 0 Å². The lowest BCUT2D eigenvalue weighted by molar-refractivity contribution is 0.0698. The summed E-state index contributed by atoms with van der Waals surface area (Å²) in [5, 5.41) is 12.0. The Labute approximate surface area is 95.5 Å². The molecule has 0 unspecified atom stereocenters. The Morgan fingerprint density at radius 3 is 2.75 bits per heavy atom. The largest absolute Gasteiger partial charge is 0.478 e. The molecule has 0 amide bonds. The Kier molecular flexibility index (Phi) is 4.17. The van der Waals surface area contributed by atoms with Crippen LogP contribution in [0.1, 0.15) is 30.6 Å². The highest BCUT2D eigenvalue weighted by atomic mass is 16.4. The van der Waals surface area contributed by atoms with Gasteiger partial charge in [0.15, 0.2) is 0 Å². The van der Waals surface area contributed by atoms with Gasteiger partial charge in [-0.15, -0.1) is 0 Å². The van der Waals surface area contributed by atoms with Gasteiger partial charge < -0.3 is 16.2 Å². The number of nitrogen functional groups attached to an aromatic ring is 1. The minimum absolute atomic E-state index is 0.148. The Morgan fingerprint density at radius 2 is 2.19 bits per heavy atom. The maximum absolute atomic E-state index is 10.8. The van der Waals surface area contributed by atoms with Gasteiger partial charge in [0.05, 0.1) is 16.9 Å². The molecule has 1 aromatic carbocycles. The molecule has 0 heterocycles. The average Bonchev–Trinajstić information content (AvgIpc) is 2.19. The fraction of sp³-hybridized carbons (Fsp3) is 0.417. The van der Waals surface area contributed by atoms with Gasteiger partial charge in [-0.2, -0.15) is 0 Å². The predicted octanol–water partition coefficient (Wildman–Crippen LogP) is 2.43. The Hall–Kier alpha value is -1.71. The zero-order valence-corrected chi connectivity index (χ0v) is 9.66. The maximum Gasteiger partial charge on any atom is 0.337 e. The molecular weight excluding hydrogens is 204 g/mol. The molecule has 4 nitrogen and oxygen atoms in total. The predicted molar refractivity (Wildman–Crippen MR) is 65.8 cm³/mol. The van der Waals surface area contributed by atoms with Gasteiger partial charge in [-0.3, -0.25) is 0 Å². The molecule has 4 heteroatoms. The molecule has 0 radical (unpaired) electrons. The summed E-state index contributed by atoms with van der Waals surface area (Å²) in [5.41, 5.74) is 6.90. The Balaban J connectivity index is 2.73. The molecular formula is C12H18N2O2. The third-order valence-corrected chi connectivity index (χ3v) is 2.37. The molecule has 1 rings (SSSR count). The quantitative estimate of drug-likeness (QED) is 0.669.